The van der Waals surface area contributed by atoms with Crippen LogP contribution < -0.4 is 0 Å². The zero-order valence-corrected chi connectivity index (χ0v) is 8.77. The van der Waals surface area contributed by atoms with E-state index < -0.39 is 12.1 Å². The van der Waals surface area contributed by atoms with Crippen molar-refractivity contribution in [3.05, 3.63) is 35.9 Å². The van der Waals surface area contributed by atoms with Gasteiger partial charge in [0.1, 0.15) is 12.8 Å². The van der Waals surface area contributed by atoms with Crippen LogP contribution in [0.25, 0.3) is 0 Å². The van der Waals surface area contributed by atoms with Crippen molar-refractivity contribution in [1.29, 1.82) is 0 Å². The quantitative estimate of drug-likeness (QED) is 0.736. The van der Waals surface area contributed by atoms with Crippen LogP contribution in [0.2, 0.25) is 0 Å². The van der Waals surface area contributed by atoms with Crippen molar-refractivity contribution >= 4 is 5.97 Å². The summed E-state index contributed by atoms with van der Waals surface area (Å²) in [5.41, 5.74) is 0.497. The summed E-state index contributed by atoms with van der Waals surface area (Å²) in [5, 5.41) is 0. The number of hydrogen-bond donors (Lipinski definition) is 0. The van der Waals surface area contributed by atoms with E-state index >= 15 is 0 Å². The summed E-state index contributed by atoms with van der Waals surface area (Å²) in [7, 11) is 0. The van der Waals surface area contributed by atoms with Crippen molar-refractivity contribution in [2.75, 3.05) is 13.2 Å². The number of halogens is 1. The number of carbonyl (C=O) groups is 1. The van der Waals surface area contributed by atoms with Gasteiger partial charge < -0.3 is 9.47 Å². The highest BCUT2D eigenvalue weighted by molar-refractivity contribution is 5.89. The number of carbonyl (C=O) groups excluding carboxylic acids is 1. The molecule has 1 aliphatic heterocycles. The molecule has 0 amide bonds. The molecule has 1 fully saturated rings. The van der Waals surface area contributed by atoms with Gasteiger partial charge in [-0.15, -0.1) is 0 Å². The molecule has 86 valence electrons. The molecule has 4 heteroatoms. The highest BCUT2D eigenvalue weighted by Gasteiger charge is 2.26. The van der Waals surface area contributed by atoms with E-state index in [4.69, 9.17) is 9.47 Å². The Bertz CT molecular complexity index is 353. The molecule has 0 N–H and O–H groups in total. The van der Waals surface area contributed by atoms with Crippen LogP contribution in [0.1, 0.15) is 16.8 Å². The van der Waals surface area contributed by atoms with Gasteiger partial charge in [-0.3, -0.25) is 0 Å². The minimum atomic E-state index is -0.930. The maximum Gasteiger partial charge on any atom is 0.338 e. The van der Waals surface area contributed by atoms with Crippen LogP contribution in [-0.2, 0) is 9.47 Å². The predicted octanol–water partition coefficient (Wildman–Crippen LogP) is 1.97. The third-order valence-electron chi connectivity index (χ3n) is 2.44. The lowest BCUT2D eigenvalue weighted by Gasteiger charge is -2.09. The Balaban J connectivity index is 1.80. The van der Waals surface area contributed by atoms with Gasteiger partial charge in [-0.2, -0.15) is 0 Å². The fraction of sp³-hybridized carbons (Fsp3) is 0.417. The summed E-state index contributed by atoms with van der Waals surface area (Å²) in [6.07, 6.45) is -0.926. The second-order valence-electron chi connectivity index (χ2n) is 3.75. The molecule has 1 aromatic rings. The standard InChI is InChI=1S/C12H13FO3/c13-10-6-11(15-7-10)8-16-12(14)9-4-2-1-3-5-9/h1-5,10-11H,6-8H2/t10?,11-/m1/s1. The molecule has 16 heavy (non-hydrogen) atoms. The van der Waals surface area contributed by atoms with Gasteiger partial charge in [0, 0.05) is 6.42 Å². The highest BCUT2D eigenvalue weighted by Crippen LogP contribution is 2.16. The highest BCUT2D eigenvalue weighted by atomic mass is 19.1. The van der Waals surface area contributed by atoms with Gasteiger partial charge >= 0.3 is 5.97 Å². The number of benzene rings is 1. The molecule has 0 radical (unpaired) electrons. The smallest absolute Gasteiger partial charge is 0.338 e. The number of esters is 1. The van der Waals surface area contributed by atoms with Gasteiger partial charge in [-0.25, -0.2) is 9.18 Å². The molecular formula is C12H13FO3. The Hall–Kier alpha value is -1.42. The van der Waals surface area contributed by atoms with E-state index in [0.29, 0.717) is 12.0 Å². The molecule has 1 aromatic carbocycles. The minimum absolute atomic E-state index is 0.105. The van der Waals surface area contributed by atoms with Crippen molar-refractivity contribution in [3.8, 4) is 0 Å². The van der Waals surface area contributed by atoms with E-state index in [1.165, 1.54) is 0 Å². The predicted molar refractivity (Wildman–Crippen MR) is 56.0 cm³/mol. The van der Waals surface area contributed by atoms with Crippen molar-refractivity contribution in [2.24, 2.45) is 0 Å². The molecule has 1 saturated heterocycles. The topological polar surface area (TPSA) is 35.5 Å². The number of alkyl halides is 1. The number of hydrogen-bond acceptors (Lipinski definition) is 3. The molecule has 0 bridgehead atoms. The summed E-state index contributed by atoms with van der Waals surface area (Å²) < 4.78 is 22.9. The molecule has 2 rings (SSSR count). The monoisotopic (exact) mass is 224 g/mol. The average Bonchev–Trinajstić information content (AvgIpc) is 2.73. The summed E-state index contributed by atoms with van der Waals surface area (Å²) >= 11 is 0. The molecule has 0 aromatic heterocycles. The molecule has 1 heterocycles. The lowest BCUT2D eigenvalue weighted by molar-refractivity contribution is 0.0155. The van der Waals surface area contributed by atoms with Crippen LogP contribution >= 0.6 is 0 Å². The molecule has 0 spiro atoms. The Morgan fingerprint density at radius 3 is 2.81 bits per heavy atom. The van der Waals surface area contributed by atoms with Crippen LogP contribution in [0.4, 0.5) is 4.39 Å². The zero-order valence-electron chi connectivity index (χ0n) is 8.77. The second-order valence-corrected chi connectivity index (χ2v) is 3.75. The van der Waals surface area contributed by atoms with Gasteiger partial charge in [0.25, 0.3) is 0 Å². The Kier molecular flexibility index (Phi) is 3.51. The minimum Gasteiger partial charge on any atom is -0.459 e. The van der Waals surface area contributed by atoms with E-state index in [1.807, 2.05) is 6.07 Å². The van der Waals surface area contributed by atoms with Crippen molar-refractivity contribution in [3.63, 3.8) is 0 Å². The Labute approximate surface area is 93.2 Å². The zero-order chi connectivity index (χ0) is 11.4. The number of ether oxygens (including phenoxy) is 2. The lowest BCUT2D eigenvalue weighted by Crippen LogP contribution is -2.18. The van der Waals surface area contributed by atoms with E-state index in [0.717, 1.165) is 0 Å². The van der Waals surface area contributed by atoms with E-state index in [9.17, 15) is 9.18 Å². The van der Waals surface area contributed by atoms with Crippen LogP contribution in [0.3, 0.4) is 0 Å². The Morgan fingerprint density at radius 1 is 1.44 bits per heavy atom. The van der Waals surface area contributed by atoms with Crippen LogP contribution in [-0.4, -0.2) is 31.5 Å². The van der Waals surface area contributed by atoms with Gasteiger partial charge in [0.05, 0.1) is 18.3 Å². The van der Waals surface area contributed by atoms with Gasteiger partial charge in [0.2, 0.25) is 0 Å². The van der Waals surface area contributed by atoms with E-state index in [2.05, 4.69) is 0 Å². The van der Waals surface area contributed by atoms with Crippen molar-refractivity contribution < 1.29 is 18.7 Å². The van der Waals surface area contributed by atoms with Gasteiger partial charge in [0.15, 0.2) is 0 Å². The third-order valence-corrected chi connectivity index (χ3v) is 2.44. The summed E-state index contributed by atoms with van der Waals surface area (Å²) in [4.78, 5) is 11.5. The van der Waals surface area contributed by atoms with Gasteiger partial charge in [-0.05, 0) is 12.1 Å². The maximum atomic E-state index is 12.8. The molecule has 0 saturated carbocycles. The molecule has 0 aliphatic carbocycles. The summed E-state index contributed by atoms with van der Waals surface area (Å²) in [5.74, 6) is -0.397. The molecule has 1 unspecified atom stereocenters. The van der Waals surface area contributed by atoms with E-state index in [1.54, 1.807) is 24.3 Å². The second kappa shape index (κ2) is 5.07. The number of rotatable bonds is 3. The van der Waals surface area contributed by atoms with Crippen LogP contribution in [0.5, 0.6) is 0 Å². The van der Waals surface area contributed by atoms with E-state index in [-0.39, 0.29) is 19.3 Å². The SMILES string of the molecule is O=C(OC[C@H]1CC(F)CO1)c1ccccc1. The normalized spacial score (nSPS) is 24.3. The first-order chi connectivity index (χ1) is 7.75. The lowest BCUT2D eigenvalue weighted by atomic mass is 10.2. The third kappa shape index (κ3) is 2.79. The largest absolute Gasteiger partial charge is 0.459 e. The molecule has 2 atom stereocenters. The first-order valence-electron chi connectivity index (χ1n) is 5.23. The molecule has 3 nitrogen and oxygen atoms in total. The van der Waals surface area contributed by atoms with Gasteiger partial charge in [-0.1, -0.05) is 18.2 Å². The first kappa shape index (κ1) is 11.1. The maximum absolute atomic E-state index is 12.8. The summed E-state index contributed by atoms with van der Waals surface area (Å²) in [6.45, 7) is 0.224. The average molecular weight is 224 g/mol. The van der Waals surface area contributed by atoms with Crippen LogP contribution in [0, 0.1) is 0 Å². The van der Waals surface area contributed by atoms with Crippen LogP contribution in [0.15, 0.2) is 30.3 Å². The molecular weight excluding hydrogens is 211 g/mol. The Morgan fingerprint density at radius 2 is 2.19 bits per heavy atom. The van der Waals surface area contributed by atoms with Crippen molar-refractivity contribution in [1.82, 2.24) is 0 Å². The molecule has 1 aliphatic rings. The van der Waals surface area contributed by atoms with Crippen molar-refractivity contribution in [2.45, 2.75) is 18.7 Å². The fourth-order valence-electron chi connectivity index (χ4n) is 1.60. The first-order valence-corrected chi connectivity index (χ1v) is 5.23. The summed E-state index contributed by atoms with van der Waals surface area (Å²) in [6, 6.07) is 8.71. The fourth-order valence-corrected chi connectivity index (χ4v) is 1.60.